The van der Waals surface area contributed by atoms with Crippen molar-refractivity contribution in [1.82, 2.24) is 0 Å². The monoisotopic (exact) mass is 547 g/mol. The average Bonchev–Trinajstić information content (AvgIpc) is 3.23. The third kappa shape index (κ3) is 6.66. The summed E-state index contributed by atoms with van der Waals surface area (Å²) in [5.74, 6) is -3.87. The molecule has 1 aliphatic heterocycles. The van der Waals surface area contributed by atoms with Crippen molar-refractivity contribution in [2.75, 3.05) is 17.9 Å². The lowest BCUT2D eigenvalue weighted by Crippen LogP contribution is -2.45. The highest BCUT2D eigenvalue weighted by atomic mass is 32.2. The van der Waals surface area contributed by atoms with E-state index in [4.69, 9.17) is 9.47 Å². The molecule has 3 rings (SSSR count). The summed E-state index contributed by atoms with van der Waals surface area (Å²) in [6.45, 7) is 0.489. The number of carboxylic acids is 1. The largest absolute Gasteiger partial charge is 0.478 e. The van der Waals surface area contributed by atoms with E-state index in [9.17, 15) is 43.1 Å². The number of benzene rings is 1. The number of unbranched alkanes of at least 4 members (excludes halogenated alkanes) is 2. The highest BCUT2D eigenvalue weighted by Crippen LogP contribution is 2.42. The van der Waals surface area contributed by atoms with Gasteiger partial charge in [0.15, 0.2) is 5.79 Å². The zero-order chi connectivity index (χ0) is 27.4. The minimum atomic E-state index is -4.32. The second-order valence-corrected chi connectivity index (χ2v) is 11.2. The van der Waals surface area contributed by atoms with Gasteiger partial charge < -0.3 is 35.0 Å². The van der Waals surface area contributed by atoms with Gasteiger partial charge in [0, 0.05) is 6.42 Å². The summed E-state index contributed by atoms with van der Waals surface area (Å²) in [5.41, 5.74) is 0.0622. The molecule has 0 radical (unpaired) electrons. The number of rotatable bonds is 12. The molecular formula is C24H34FNO10S. The van der Waals surface area contributed by atoms with Gasteiger partial charge in [0.25, 0.3) is 0 Å². The van der Waals surface area contributed by atoms with E-state index in [1.165, 1.54) is 12.1 Å². The summed E-state index contributed by atoms with van der Waals surface area (Å²) in [6, 6.07) is 3.66. The number of aliphatic hydroxyl groups is 4. The van der Waals surface area contributed by atoms with Crippen LogP contribution in [0.1, 0.15) is 44.6 Å². The Hall–Kier alpha value is -2.13. The number of nitrogens with one attached hydrogen (secondary N) is 1. The molecule has 0 aromatic heterocycles. The molecule has 208 valence electrons. The second kappa shape index (κ2) is 12.2. The third-order valence-corrected chi connectivity index (χ3v) is 8.34. The first kappa shape index (κ1) is 29.4. The molecule has 13 heteroatoms. The molecule has 1 saturated heterocycles. The Kier molecular flexibility index (Phi) is 9.67. The number of carboxylic acid groups (broad SMARTS) is 1. The molecule has 2 aliphatic rings. The maximum atomic E-state index is 13.9. The van der Waals surface area contributed by atoms with Crippen LogP contribution in [-0.4, -0.2) is 88.6 Å². The number of hydrogen-bond acceptors (Lipinski definition) is 9. The molecule has 1 fully saturated rings. The topological polar surface area (TPSA) is 183 Å². The van der Waals surface area contributed by atoms with E-state index in [-0.39, 0.29) is 18.5 Å². The van der Waals surface area contributed by atoms with Gasteiger partial charge in [-0.25, -0.2) is 17.6 Å². The molecule has 0 saturated carbocycles. The van der Waals surface area contributed by atoms with Crippen molar-refractivity contribution in [3.63, 3.8) is 0 Å². The zero-order valence-corrected chi connectivity index (χ0v) is 21.2. The SMILES string of the molecule is CCCCCc1cc(F)ccc1NS(=O)(=O)C1CCC2(C=C1C(=O)O)OC(C(O)CO)C(C(O)CO)O2. The molecule has 1 aromatic rings. The standard InChI is InChI=1S/C24H34FNO10S/c1-2-3-4-5-14-10-15(25)6-7-17(14)26-37(33,34)20-8-9-24(11-16(20)23(31)32)35-21(18(29)12-27)22(36-24)19(30)13-28/h6-7,10-11,18-22,26-30H,2-5,8-9,12-13H2,1H3,(H,31,32). The van der Waals surface area contributed by atoms with E-state index in [0.717, 1.165) is 31.4 Å². The molecule has 1 spiro atoms. The van der Waals surface area contributed by atoms with Crippen LogP contribution in [0.3, 0.4) is 0 Å². The number of sulfonamides is 1. The number of ether oxygens (including phenoxy) is 2. The average molecular weight is 548 g/mol. The van der Waals surface area contributed by atoms with Crippen LogP contribution < -0.4 is 4.72 Å². The Bertz CT molecular complexity index is 1080. The molecule has 37 heavy (non-hydrogen) atoms. The van der Waals surface area contributed by atoms with Crippen molar-refractivity contribution in [2.24, 2.45) is 0 Å². The summed E-state index contributed by atoms with van der Waals surface area (Å²) >= 11 is 0. The van der Waals surface area contributed by atoms with Crippen molar-refractivity contribution >= 4 is 21.7 Å². The summed E-state index contributed by atoms with van der Waals surface area (Å²) in [4.78, 5) is 12.1. The fraction of sp³-hybridized carbons (Fsp3) is 0.625. The van der Waals surface area contributed by atoms with Crippen molar-refractivity contribution in [2.45, 2.75) is 80.9 Å². The van der Waals surface area contributed by atoms with E-state index < -0.39 is 76.0 Å². The second-order valence-electron chi connectivity index (χ2n) is 9.31. The number of aliphatic carboxylic acids is 1. The Morgan fingerprint density at radius 2 is 1.78 bits per heavy atom. The van der Waals surface area contributed by atoms with Crippen LogP contribution in [-0.2, 0) is 30.7 Å². The van der Waals surface area contributed by atoms with Crippen LogP contribution in [0.25, 0.3) is 0 Å². The number of hydrogen-bond donors (Lipinski definition) is 6. The highest BCUT2D eigenvalue weighted by molar-refractivity contribution is 7.93. The van der Waals surface area contributed by atoms with Crippen LogP contribution in [0.2, 0.25) is 0 Å². The summed E-state index contributed by atoms with van der Waals surface area (Å²) in [7, 11) is -4.32. The maximum Gasteiger partial charge on any atom is 0.332 e. The predicted octanol–water partition coefficient (Wildman–Crippen LogP) is 0.660. The minimum Gasteiger partial charge on any atom is -0.478 e. The van der Waals surface area contributed by atoms with Gasteiger partial charge in [-0.3, -0.25) is 4.72 Å². The Morgan fingerprint density at radius 1 is 1.16 bits per heavy atom. The molecule has 1 aromatic carbocycles. The van der Waals surface area contributed by atoms with E-state index in [1.54, 1.807) is 0 Å². The van der Waals surface area contributed by atoms with Crippen LogP contribution in [0, 0.1) is 5.82 Å². The molecule has 1 heterocycles. The van der Waals surface area contributed by atoms with E-state index in [2.05, 4.69) is 4.72 Å². The predicted molar refractivity (Wildman–Crippen MR) is 130 cm³/mol. The first-order valence-electron chi connectivity index (χ1n) is 12.2. The van der Waals surface area contributed by atoms with Crippen molar-refractivity contribution in [1.29, 1.82) is 0 Å². The van der Waals surface area contributed by atoms with Gasteiger partial charge in [-0.1, -0.05) is 19.8 Å². The van der Waals surface area contributed by atoms with Crippen molar-refractivity contribution < 1.29 is 52.6 Å². The van der Waals surface area contributed by atoms with Crippen molar-refractivity contribution in [3.8, 4) is 0 Å². The number of carbonyl (C=O) groups is 1. The van der Waals surface area contributed by atoms with Crippen LogP contribution >= 0.6 is 0 Å². The highest BCUT2D eigenvalue weighted by Gasteiger charge is 2.54. The lowest BCUT2D eigenvalue weighted by molar-refractivity contribution is -0.163. The number of anilines is 1. The fourth-order valence-corrected chi connectivity index (χ4v) is 6.26. The molecule has 1 aliphatic carbocycles. The molecule has 0 bridgehead atoms. The Balaban J connectivity index is 1.91. The van der Waals surface area contributed by atoms with Gasteiger partial charge in [-0.05, 0) is 49.1 Å². The number of halogens is 1. The molecular weight excluding hydrogens is 513 g/mol. The van der Waals surface area contributed by atoms with Crippen LogP contribution in [0.15, 0.2) is 29.8 Å². The lowest BCUT2D eigenvalue weighted by atomic mass is 9.94. The lowest BCUT2D eigenvalue weighted by Gasteiger charge is -2.33. The third-order valence-electron chi connectivity index (χ3n) is 6.60. The molecule has 0 amide bonds. The first-order valence-corrected chi connectivity index (χ1v) is 13.7. The van der Waals surface area contributed by atoms with Gasteiger partial charge in [0.05, 0.1) is 24.5 Å². The molecule has 6 N–H and O–H groups in total. The van der Waals surface area contributed by atoms with Crippen LogP contribution in [0.4, 0.5) is 10.1 Å². The first-order chi connectivity index (χ1) is 17.5. The van der Waals surface area contributed by atoms with Gasteiger partial charge in [-0.15, -0.1) is 0 Å². The summed E-state index contributed by atoms with van der Waals surface area (Å²) < 4.78 is 54.4. The zero-order valence-electron chi connectivity index (χ0n) is 20.4. The van der Waals surface area contributed by atoms with E-state index in [1.807, 2.05) is 6.92 Å². The van der Waals surface area contributed by atoms with Crippen LogP contribution in [0.5, 0.6) is 0 Å². The van der Waals surface area contributed by atoms with Gasteiger partial charge in [-0.2, -0.15) is 0 Å². The Labute approximate surface area is 214 Å². The maximum absolute atomic E-state index is 13.9. The molecule has 5 unspecified atom stereocenters. The van der Waals surface area contributed by atoms with Gasteiger partial charge in [0.2, 0.25) is 10.0 Å². The summed E-state index contributed by atoms with van der Waals surface area (Å²) in [5, 5.41) is 47.3. The molecule has 11 nitrogen and oxygen atoms in total. The number of aliphatic hydroxyl groups excluding tert-OH is 4. The Morgan fingerprint density at radius 3 is 2.32 bits per heavy atom. The summed E-state index contributed by atoms with van der Waals surface area (Å²) in [6.07, 6.45) is -2.14. The fourth-order valence-electron chi connectivity index (χ4n) is 4.68. The quantitative estimate of drug-likeness (QED) is 0.203. The minimum absolute atomic E-state index is 0.160. The number of aryl methyl sites for hydroxylation is 1. The normalized spacial score (nSPS) is 27.6. The van der Waals surface area contributed by atoms with E-state index in [0.29, 0.717) is 12.0 Å². The van der Waals surface area contributed by atoms with E-state index >= 15 is 0 Å². The van der Waals surface area contributed by atoms with Gasteiger partial charge >= 0.3 is 5.97 Å². The smallest absolute Gasteiger partial charge is 0.332 e. The van der Waals surface area contributed by atoms with Gasteiger partial charge in [0.1, 0.15) is 35.5 Å². The molecule has 5 atom stereocenters. The van der Waals surface area contributed by atoms with Crippen molar-refractivity contribution in [3.05, 3.63) is 41.2 Å².